The Balaban J connectivity index is 1.51. The molecule has 0 saturated carbocycles. The Labute approximate surface area is 150 Å². The van der Waals surface area contributed by atoms with E-state index in [4.69, 9.17) is 11.6 Å². The van der Waals surface area contributed by atoms with Gasteiger partial charge in [0.1, 0.15) is 0 Å². The number of hydrogen-bond donors (Lipinski definition) is 0. The summed E-state index contributed by atoms with van der Waals surface area (Å²) in [5.41, 5.74) is 3.66. The summed E-state index contributed by atoms with van der Waals surface area (Å²) in [6.45, 7) is 3.95. The van der Waals surface area contributed by atoms with Gasteiger partial charge in [0, 0.05) is 29.6 Å². The maximum absolute atomic E-state index is 5.93. The van der Waals surface area contributed by atoms with Crippen LogP contribution in [-0.4, -0.2) is 21.3 Å². The second-order valence-electron chi connectivity index (χ2n) is 5.84. The molecular formula is C18H17ClN4S. The Morgan fingerprint density at radius 2 is 1.75 bits per heavy atom. The van der Waals surface area contributed by atoms with Crippen LogP contribution in [0.25, 0.3) is 0 Å². The highest BCUT2D eigenvalue weighted by atomic mass is 35.5. The summed E-state index contributed by atoms with van der Waals surface area (Å²) >= 11 is 7.64. The number of halogens is 1. The fourth-order valence-corrected chi connectivity index (χ4v) is 3.82. The number of nitrogens with zero attached hydrogens (tertiary/aromatic N) is 4. The smallest absolute Gasteiger partial charge is 0.232 e. The molecule has 0 bridgehead atoms. The minimum atomic E-state index is 0.765. The highest BCUT2D eigenvalue weighted by molar-refractivity contribution is 7.98. The Morgan fingerprint density at radius 1 is 1.00 bits per heavy atom. The third-order valence-electron chi connectivity index (χ3n) is 4.11. The number of thioether (sulfide) groups is 1. The first kappa shape index (κ1) is 15.5. The van der Waals surface area contributed by atoms with Crippen LogP contribution < -0.4 is 4.90 Å². The zero-order valence-corrected chi connectivity index (χ0v) is 14.9. The molecule has 4 nitrogen and oxygen atoms in total. The first-order valence-corrected chi connectivity index (χ1v) is 9.22. The summed E-state index contributed by atoms with van der Waals surface area (Å²) in [6, 6.07) is 16.5. The van der Waals surface area contributed by atoms with E-state index in [0.29, 0.717) is 0 Å². The van der Waals surface area contributed by atoms with Gasteiger partial charge in [-0.3, -0.25) is 4.57 Å². The van der Waals surface area contributed by atoms with Crippen molar-refractivity contribution in [1.82, 2.24) is 14.8 Å². The molecule has 0 fully saturated rings. The summed E-state index contributed by atoms with van der Waals surface area (Å²) in [7, 11) is 0. The van der Waals surface area contributed by atoms with E-state index in [2.05, 4.69) is 63.0 Å². The number of hydrogen-bond acceptors (Lipinski definition) is 4. The average Bonchev–Trinajstić information content (AvgIpc) is 3.18. The summed E-state index contributed by atoms with van der Waals surface area (Å²) in [6.07, 6.45) is 0. The lowest BCUT2D eigenvalue weighted by Gasteiger charge is -2.15. The maximum atomic E-state index is 5.93. The van der Waals surface area contributed by atoms with E-state index in [-0.39, 0.29) is 0 Å². The van der Waals surface area contributed by atoms with Gasteiger partial charge in [0.2, 0.25) is 5.95 Å². The molecule has 0 spiro atoms. The van der Waals surface area contributed by atoms with Crippen molar-refractivity contribution in [2.75, 3.05) is 11.4 Å². The summed E-state index contributed by atoms with van der Waals surface area (Å²) in [5, 5.41) is 10.5. The van der Waals surface area contributed by atoms with Gasteiger partial charge < -0.3 is 4.90 Å². The number of rotatable bonds is 4. The second kappa shape index (κ2) is 6.49. The van der Waals surface area contributed by atoms with Crippen LogP contribution in [0.1, 0.15) is 11.1 Å². The molecule has 2 heterocycles. The van der Waals surface area contributed by atoms with Gasteiger partial charge in [-0.05, 0) is 36.8 Å². The quantitative estimate of drug-likeness (QED) is 0.635. The minimum absolute atomic E-state index is 0.765. The van der Waals surface area contributed by atoms with Crippen molar-refractivity contribution >= 4 is 35.0 Å². The Morgan fingerprint density at radius 3 is 2.50 bits per heavy atom. The molecule has 6 heteroatoms. The first-order valence-electron chi connectivity index (χ1n) is 7.85. The van der Waals surface area contributed by atoms with Gasteiger partial charge in [0.05, 0.1) is 0 Å². The molecule has 0 atom stereocenters. The van der Waals surface area contributed by atoms with Gasteiger partial charge in [-0.2, -0.15) is 0 Å². The maximum Gasteiger partial charge on any atom is 0.232 e. The fraction of sp³-hybridized carbons (Fsp3) is 0.222. The molecule has 0 N–H and O–H groups in total. The molecule has 1 aromatic heterocycles. The Bertz CT molecular complexity index is 842. The zero-order chi connectivity index (χ0) is 16.5. The van der Waals surface area contributed by atoms with Crippen LogP contribution in [0.15, 0.2) is 53.7 Å². The standard InChI is InChI=1S/C18H17ClN4S/c1-13-2-8-16(9-3-13)22-10-11-23-17(22)20-21-18(23)24-12-14-4-6-15(19)7-5-14/h2-9H,10-12H2,1H3. The van der Waals surface area contributed by atoms with E-state index in [1.807, 2.05) is 12.1 Å². The molecule has 0 radical (unpaired) electrons. The third kappa shape index (κ3) is 3.01. The molecule has 122 valence electrons. The monoisotopic (exact) mass is 356 g/mol. The lowest BCUT2D eigenvalue weighted by Crippen LogP contribution is -2.14. The molecule has 3 aromatic rings. The summed E-state index contributed by atoms with van der Waals surface area (Å²) in [4.78, 5) is 2.22. The van der Waals surface area contributed by atoms with E-state index in [1.54, 1.807) is 11.8 Å². The van der Waals surface area contributed by atoms with Gasteiger partial charge in [-0.25, -0.2) is 0 Å². The lowest BCUT2D eigenvalue weighted by molar-refractivity contribution is 0.704. The van der Waals surface area contributed by atoms with E-state index in [0.717, 1.165) is 35.0 Å². The molecule has 1 aliphatic heterocycles. The summed E-state index contributed by atoms with van der Waals surface area (Å²) in [5.74, 6) is 1.79. The van der Waals surface area contributed by atoms with Crippen molar-refractivity contribution in [2.24, 2.45) is 0 Å². The number of aryl methyl sites for hydroxylation is 1. The molecule has 2 aromatic carbocycles. The molecule has 0 amide bonds. The van der Waals surface area contributed by atoms with Gasteiger partial charge in [0.25, 0.3) is 0 Å². The molecule has 0 unspecified atom stereocenters. The SMILES string of the molecule is Cc1ccc(N2CCn3c(SCc4ccc(Cl)cc4)nnc32)cc1. The minimum Gasteiger partial charge on any atom is -0.309 e. The highest BCUT2D eigenvalue weighted by Crippen LogP contribution is 2.33. The largest absolute Gasteiger partial charge is 0.309 e. The van der Waals surface area contributed by atoms with Crippen molar-refractivity contribution in [2.45, 2.75) is 24.4 Å². The molecule has 24 heavy (non-hydrogen) atoms. The van der Waals surface area contributed by atoms with Crippen LogP contribution >= 0.6 is 23.4 Å². The van der Waals surface area contributed by atoms with Crippen LogP contribution in [0, 0.1) is 6.92 Å². The van der Waals surface area contributed by atoms with Crippen molar-refractivity contribution in [3.63, 3.8) is 0 Å². The Kier molecular flexibility index (Phi) is 4.21. The average molecular weight is 357 g/mol. The van der Waals surface area contributed by atoms with E-state index in [9.17, 15) is 0 Å². The van der Waals surface area contributed by atoms with Crippen LogP contribution in [0.3, 0.4) is 0 Å². The predicted molar refractivity (Wildman–Crippen MR) is 99.2 cm³/mol. The molecule has 0 aliphatic carbocycles. The molecule has 1 aliphatic rings. The number of benzene rings is 2. The van der Waals surface area contributed by atoms with E-state index >= 15 is 0 Å². The molecule has 0 saturated heterocycles. The van der Waals surface area contributed by atoms with Crippen molar-refractivity contribution < 1.29 is 0 Å². The normalized spacial score (nSPS) is 13.3. The third-order valence-corrected chi connectivity index (χ3v) is 5.40. The summed E-state index contributed by atoms with van der Waals surface area (Å²) < 4.78 is 2.19. The van der Waals surface area contributed by atoms with Gasteiger partial charge in [-0.15, -0.1) is 10.2 Å². The van der Waals surface area contributed by atoms with Crippen LogP contribution in [-0.2, 0) is 12.3 Å². The second-order valence-corrected chi connectivity index (χ2v) is 7.22. The number of anilines is 2. The molecule has 4 rings (SSSR count). The number of aromatic nitrogens is 3. The number of fused-ring (bicyclic) bond motifs is 1. The van der Waals surface area contributed by atoms with E-state index < -0.39 is 0 Å². The van der Waals surface area contributed by atoms with Crippen LogP contribution in [0.4, 0.5) is 11.6 Å². The predicted octanol–water partition coefficient (Wildman–Crippen LogP) is 4.68. The Hall–Kier alpha value is -1.98. The van der Waals surface area contributed by atoms with E-state index in [1.165, 1.54) is 16.8 Å². The molecular weight excluding hydrogens is 340 g/mol. The van der Waals surface area contributed by atoms with Gasteiger partial charge in [0.15, 0.2) is 5.16 Å². The van der Waals surface area contributed by atoms with Gasteiger partial charge >= 0.3 is 0 Å². The lowest BCUT2D eigenvalue weighted by atomic mass is 10.2. The zero-order valence-electron chi connectivity index (χ0n) is 13.3. The topological polar surface area (TPSA) is 34.0 Å². The van der Waals surface area contributed by atoms with Crippen molar-refractivity contribution in [3.8, 4) is 0 Å². The first-order chi connectivity index (χ1) is 11.7. The van der Waals surface area contributed by atoms with Crippen LogP contribution in [0.2, 0.25) is 5.02 Å². The van der Waals surface area contributed by atoms with Crippen molar-refractivity contribution in [1.29, 1.82) is 0 Å². The van der Waals surface area contributed by atoms with Crippen molar-refractivity contribution in [3.05, 3.63) is 64.7 Å². The fourth-order valence-electron chi connectivity index (χ4n) is 2.78. The van der Waals surface area contributed by atoms with Gasteiger partial charge in [-0.1, -0.05) is 53.2 Å². The van der Waals surface area contributed by atoms with Crippen LogP contribution in [0.5, 0.6) is 0 Å². The highest BCUT2D eigenvalue weighted by Gasteiger charge is 2.25.